The molecule has 3 N–H and O–H groups in total. The van der Waals surface area contributed by atoms with Crippen molar-refractivity contribution in [2.45, 2.75) is 44.8 Å². The van der Waals surface area contributed by atoms with Crippen LogP contribution in [0.4, 0.5) is 0 Å². The highest BCUT2D eigenvalue weighted by molar-refractivity contribution is 5.76. The van der Waals surface area contributed by atoms with Gasteiger partial charge in [0, 0.05) is 12.6 Å². The van der Waals surface area contributed by atoms with E-state index in [0.29, 0.717) is 25.5 Å². The van der Waals surface area contributed by atoms with Crippen LogP contribution in [0.5, 0.6) is 0 Å². The van der Waals surface area contributed by atoms with Crippen molar-refractivity contribution in [1.82, 2.24) is 5.32 Å². The van der Waals surface area contributed by atoms with E-state index in [1.807, 2.05) is 24.3 Å². The van der Waals surface area contributed by atoms with E-state index in [2.05, 4.69) is 43.4 Å². The maximum atomic E-state index is 12.4. The number of carbonyl (C=O) groups excluding carboxylic acids is 1. The van der Waals surface area contributed by atoms with Crippen molar-refractivity contribution in [3.8, 4) is 0 Å². The number of amides is 1. The molecule has 2 atom stereocenters. The van der Waals surface area contributed by atoms with Crippen molar-refractivity contribution in [3.05, 3.63) is 70.8 Å². The lowest BCUT2D eigenvalue weighted by Gasteiger charge is -2.25. The predicted molar refractivity (Wildman–Crippen MR) is 104 cm³/mol. The second-order valence-corrected chi connectivity index (χ2v) is 7.24. The number of nitrogens with two attached hydrogens (primary N) is 1. The minimum atomic E-state index is -0.209. The Morgan fingerprint density at radius 2 is 1.85 bits per heavy atom. The predicted octanol–water partition coefficient (Wildman–Crippen LogP) is 3.63. The molecule has 0 fully saturated rings. The standard InChI is InChI=1S/C22H28N2O2/c1-15(2)16-7-9-18(10-8-16)20(23)14-24-22(25)13-21-19-6-4-3-5-17(19)11-12-26-21/h3-10,15,20-21H,11-14,23H2,1-2H3,(H,24,25). The first kappa shape index (κ1) is 18.6. The zero-order valence-electron chi connectivity index (χ0n) is 15.6. The molecule has 1 amide bonds. The SMILES string of the molecule is CC(C)c1ccc(C(N)CNC(=O)CC2OCCc3ccccc32)cc1. The summed E-state index contributed by atoms with van der Waals surface area (Å²) in [6, 6.07) is 16.3. The summed E-state index contributed by atoms with van der Waals surface area (Å²) in [7, 11) is 0. The molecule has 138 valence electrons. The molecule has 1 aliphatic heterocycles. The molecular formula is C22H28N2O2. The van der Waals surface area contributed by atoms with E-state index in [9.17, 15) is 4.79 Å². The molecule has 4 heteroatoms. The number of ether oxygens (including phenoxy) is 1. The number of carbonyl (C=O) groups is 1. The Hall–Kier alpha value is -2.17. The summed E-state index contributed by atoms with van der Waals surface area (Å²) in [5.41, 5.74) is 11.0. The molecule has 0 saturated carbocycles. The molecule has 0 bridgehead atoms. The van der Waals surface area contributed by atoms with Gasteiger partial charge in [0.25, 0.3) is 0 Å². The van der Waals surface area contributed by atoms with E-state index in [-0.39, 0.29) is 18.1 Å². The van der Waals surface area contributed by atoms with E-state index >= 15 is 0 Å². The molecule has 0 aromatic heterocycles. The first-order valence-corrected chi connectivity index (χ1v) is 9.36. The number of hydrogen-bond acceptors (Lipinski definition) is 3. The van der Waals surface area contributed by atoms with Gasteiger partial charge in [-0.1, -0.05) is 62.4 Å². The Morgan fingerprint density at radius 1 is 1.15 bits per heavy atom. The molecule has 0 saturated heterocycles. The highest BCUT2D eigenvalue weighted by atomic mass is 16.5. The molecule has 2 unspecified atom stereocenters. The third kappa shape index (κ3) is 4.51. The zero-order valence-corrected chi connectivity index (χ0v) is 15.6. The van der Waals surface area contributed by atoms with Gasteiger partial charge in [-0.25, -0.2) is 0 Å². The number of hydrogen-bond donors (Lipinski definition) is 2. The van der Waals surface area contributed by atoms with Crippen LogP contribution in [0.3, 0.4) is 0 Å². The Bertz CT molecular complexity index is 740. The number of rotatable bonds is 6. The molecule has 2 aromatic carbocycles. The van der Waals surface area contributed by atoms with Crippen molar-refractivity contribution < 1.29 is 9.53 Å². The number of nitrogens with one attached hydrogen (secondary N) is 1. The largest absolute Gasteiger partial charge is 0.373 e. The van der Waals surface area contributed by atoms with Crippen LogP contribution in [-0.2, 0) is 16.0 Å². The fraction of sp³-hybridized carbons (Fsp3) is 0.409. The highest BCUT2D eigenvalue weighted by Crippen LogP contribution is 2.29. The topological polar surface area (TPSA) is 64.3 Å². The van der Waals surface area contributed by atoms with Gasteiger partial charge >= 0.3 is 0 Å². The van der Waals surface area contributed by atoms with Crippen molar-refractivity contribution in [1.29, 1.82) is 0 Å². The Labute approximate surface area is 155 Å². The quantitative estimate of drug-likeness (QED) is 0.834. The monoisotopic (exact) mass is 352 g/mol. The van der Waals surface area contributed by atoms with Gasteiger partial charge in [-0.05, 0) is 34.6 Å². The van der Waals surface area contributed by atoms with E-state index in [1.54, 1.807) is 0 Å². The van der Waals surface area contributed by atoms with Crippen LogP contribution in [0.2, 0.25) is 0 Å². The Kier molecular flexibility index (Phi) is 6.07. The van der Waals surface area contributed by atoms with Crippen molar-refractivity contribution >= 4 is 5.91 Å². The Balaban J connectivity index is 1.53. The van der Waals surface area contributed by atoms with Gasteiger partial charge in [0.1, 0.15) is 0 Å². The molecule has 3 rings (SSSR count). The van der Waals surface area contributed by atoms with Gasteiger partial charge in [0.15, 0.2) is 0 Å². The van der Waals surface area contributed by atoms with Crippen LogP contribution in [-0.4, -0.2) is 19.1 Å². The molecule has 1 aliphatic rings. The second-order valence-electron chi connectivity index (χ2n) is 7.24. The lowest BCUT2D eigenvalue weighted by molar-refractivity contribution is -0.124. The summed E-state index contributed by atoms with van der Waals surface area (Å²) < 4.78 is 5.81. The van der Waals surface area contributed by atoms with E-state index < -0.39 is 0 Å². The van der Waals surface area contributed by atoms with E-state index in [0.717, 1.165) is 17.5 Å². The van der Waals surface area contributed by atoms with Crippen molar-refractivity contribution in [3.63, 3.8) is 0 Å². The molecule has 0 aliphatic carbocycles. The lowest BCUT2D eigenvalue weighted by atomic mass is 9.95. The van der Waals surface area contributed by atoms with Crippen LogP contribution in [0.15, 0.2) is 48.5 Å². The van der Waals surface area contributed by atoms with Gasteiger partial charge in [0.05, 0.1) is 19.1 Å². The van der Waals surface area contributed by atoms with Gasteiger partial charge in [-0.2, -0.15) is 0 Å². The second kappa shape index (κ2) is 8.47. The summed E-state index contributed by atoms with van der Waals surface area (Å²) in [5, 5.41) is 2.95. The molecule has 4 nitrogen and oxygen atoms in total. The summed E-state index contributed by atoms with van der Waals surface area (Å²) in [6.45, 7) is 5.42. The maximum absolute atomic E-state index is 12.4. The molecule has 0 spiro atoms. The number of benzene rings is 2. The molecule has 0 radical (unpaired) electrons. The molecule has 1 heterocycles. The molecule has 26 heavy (non-hydrogen) atoms. The first-order chi connectivity index (χ1) is 12.5. The highest BCUT2D eigenvalue weighted by Gasteiger charge is 2.23. The molecule has 2 aromatic rings. The summed E-state index contributed by atoms with van der Waals surface area (Å²) in [6.07, 6.45) is 1.07. The lowest BCUT2D eigenvalue weighted by Crippen LogP contribution is -2.33. The van der Waals surface area contributed by atoms with Crippen LogP contribution >= 0.6 is 0 Å². The average molecular weight is 352 g/mol. The fourth-order valence-electron chi connectivity index (χ4n) is 3.36. The normalized spacial score (nSPS) is 17.6. The fourth-order valence-corrected chi connectivity index (χ4v) is 3.36. The van der Waals surface area contributed by atoms with Crippen molar-refractivity contribution in [2.24, 2.45) is 5.73 Å². The van der Waals surface area contributed by atoms with Gasteiger partial charge in [0.2, 0.25) is 5.91 Å². The number of fused-ring (bicyclic) bond motifs is 1. The van der Waals surface area contributed by atoms with Crippen molar-refractivity contribution in [2.75, 3.05) is 13.2 Å². The third-order valence-electron chi connectivity index (χ3n) is 5.01. The van der Waals surface area contributed by atoms with Crippen LogP contribution in [0.1, 0.15) is 60.6 Å². The van der Waals surface area contributed by atoms with Crippen LogP contribution in [0.25, 0.3) is 0 Å². The van der Waals surface area contributed by atoms with Crippen LogP contribution in [0, 0.1) is 0 Å². The summed E-state index contributed by atoms with van der Waals surface area (Å²) in [5.74, 6) is 0.472. The first-order valence-electron chi connectivity index (χ1n) is 9.36. The maximum Gasteiger partial charge on any atom is 0.223 e. The molecular weight excluding hydrogens is 324 g/mol. The van der Waals surface area contributed by atoms with E-state index in [4.69, 9.17) is 10.5 Å². The van der Waals surface area contributed by atoms with Gasteiger partial charge in [-0.15, -0.1) is 0 Å². The van der Waals surface area contributed by atoms with E-state index in [1.165, 1.54) is 11.1 Å². The summed E-state index contributed by atoms with van der Waals surface area (Å²) >= 11 is 0. The minimum absolute atomic E-state index is 0.0269. The third-order valence-corrected chi connectivity index (χ3v) is 5.01. The smallest absolute Gasteiger partial charge is 0.223 e. The average Bonchev–Trinajstić information content (AvgIpc) is 2.66. The van der Waals surface area contributed by atoms with Gasteiger partial charge < -0.3 is 15.8 Å². The zero-order chi connectivity index (χ0) is 18.5. The minimum Gasteiger partial charge on any atom is -0.373 e. The van der Waals surface area contributed by atoms with Crippen LogP contribution < -0.4 is 11.1 Å². The summed E-state index contributed by atoms with van der Waals surface area (Å²) in [4.78, 5) is 12.4. The Morgan fingerprint density at radius 3 is 2.58 bits per heavy atom. The van der Waals surface area contributed by atoms with Gasteiger partial charge in [-0.3, -0.25) is 4.79 Å².